The average Bonchev–Trinajstić information content (AvgIpc) is 2.94. The third-order valence-electron chi connectivity index (χ3n) is 3.69. The van der Waals surface area contributed by atoms with Gasteiger partial charge in [-0.1, -0.05) is 11.6 Å². The van der Waals surface area contributed by atoms with E-state index in [9.17, 15) is 22.8 Å². The predicted octanol–water partition coefficient (Wildman–Crippen LogP) is 4.12. The molecule has 0 aliphatic carbocycles. The Morgan fingerprint density at radius 1 is 0.923 bits per heavy atom. The number of rotatable bonds is 2. The maximum Gasteiger partial charge on any atom is 0.314 e. The van der Waals surface area contributed by atoms with E-state index in [2.05, 4.69) is 15.6 Å². The zero-order valence-electron chi connectivity index (χ0n) is 13.2. The third-order valence-corrected chi connectivity index (χ3v) is 3.98. The Bertz CT molecular complexity index is 1050. The monoisotopic (exact) mass is 381 g/mol. The largest absolute Gasteiger partial charge is 0.359 e. The Hall–Kier alpha value is -3.00. The van der Waals surface area contributed by atoms with Gasteiger partial charge < -0.3 is 15.6 Å². The fourth-order valence-corrected chi connectivity index (χ4v) is 2.52. The zero-order valence-corrected chi connectivity index (χ0v) is 14.0. The Kier molecular flexibility index (Phi) is 4.60. The van der Waals surface area contributed by atoms with Crippen molar-refractivity contribution in [3.05, 3.63) is 58.5 Å². The van der Waals surface area contributed by atoms with Gasteiger partial charge in [0.05, 0.1) is 16.2 Å². The van der Waals surface area contributed by atoms with Gasteiger partial charge in [0.2, 0.25) is 0 Å². The van der Waals surface area contributed by atoms with E-state index in [4.69, 9.17) is 11.6 Å². The molecule has 0 aliphatic rings. The number of aromatic nitrogens is 1. The number of benzene rings is 2. The first-order valence-electron chi connectivity index (χ1n) is 7.30. The van der Waals surface area contributed by atoms with Crippen molar-refractivity contribution < 1.29 is 22.8 Å². The van der Waals surface area contributed by atoms with Crippen molar-refractivity contribution >= 4 is 45.7 Å². The second-order valence-corrected chi connectivity index (χ2v) is 5.91. The maximum absolute atomic E-state index is 13.4. The fourth-order valence-electron chi connectivity index (χ4n) is 2.36. The first-order chi connectivity index (χ1) is 12.3. The molecule has 2 amide bonds. The first kappa shape index (κ1) is 17.8. The van der Waals surface area contributed by atoms with Crippen molar-refractivity contribution in [1.29, 1.82) is 0 Å². The molecule has 9 heteroatoms. The van der Waals surface area contributed by atoms with E-state index in [1.165, 1.54) is 19.2 Å². The van der Waals surface area contributed by atoms with Crippen LogP contribution in [0.5, 0.6) is 0 Å². The van der Waals surface area contributed by atoms with Crippen LogP contribution in [0.3, 0.4) is 0 Å². The van der Waals surface area contributed by atoms with Crippen LogP contribution in [0.2, 0.25) is 5.02 Å². The summed E-state index contributed by atoms with van der Waals surface area (Å²) in [7, 11) is 0. The summed E-state index contributed by atoms with van der Waals surface area (Å²) in [6.07, 6.45) is 1.30. The highest BCUT2D eigenvalue weighted by Gasteiger charge is 2.18. The lowest BCUT2D eigenvalue weighted by Crippen LogP contribution is -2.29. The lowest BCUT2D eigenvalue weighted by atomic mass is 10.2. The van der Waals surface area contributed by atoms with E-state index in [-0.39, 0.29) is 27.3 Å². The molecular formula is C17H11ClF3N3O2. The van der Waals surface area contributed by atoms with Gasteiger partial charge >= 0.3 is 11.8 Å². The van der Waals surface area contributed by atoms with Crippen LogP contribution >= 0.6 is 11.6 Å². The number of fused-ring (bicyclic) bond motifs is 1. The molecule has 0 atom stereocenters. The minimum Gasteiger partial charge on any atom is -0.359 e. The molecule has 3 rings (SSSR count). The lowest BCUT2D eigenvalue weighted by molar-refractivity contribution is -0.132. The molecule has 26 heavy (non-hydrogen) atoms. The van der Waals surface area contributed by atoms with Gasteiger partial charge in [-0.05, 0) is 30.7 Å². The SMILES string of the molecule is Cc1cc(F)c(Cl)cc1NC(=O)C(=O)Nc1c[nH]c2cc(F)c(F)cc12. The molecule has 134 valence electrons. The van der Waals surface area contributed by atoms with Crippen molar-refractivity contribution in [3.63, 3.8) is 0 Å². The Morgan fingerprint density at radius 3 is 2.23 bits per heavy atom. The Balaban J connectivity index is 1.79. The number of H-pyrrole nitrogens is 1. The molecule has 0 aliphatic heterocycles. The second-order valence-electron chi connectivity index (χ2n) is 5.50. The molecule has 0 unspecified atom stereocenters. The van der Waals surface area contributed by atoms with E-state index in [0.717, 1.165) is 18.2 Å². The smallest absolute Gasteiger partial charge is 0.314 e. The summed E-state index contributed by atoms with van der Waals surface area (Å²) in [5.74, 6) is -4.87. The van der Waals surface area contributed by atoms with Gasteiger partial charge in [-0.2, -0.15) is 0 Å². The number of carbonyl (C=O) groups is 2. The fraction of sp³-hybridized carbons (Fsp3) is 0.0588. The van der Waals surface area contributed by atoms with E-state index in [1.807, 2.05) is 0 Å². The number of nitrogens with one attached hydrogen (secondary N) is 3. The van der Waals surface area contributed by atoms with Crippen LogP contribution in [0.1, 0.15) is 5.56 Å². The van der Waals surface area contributed by atoms with Crippen LogP contribution < -0.4 is 10.6 Å². The molecule has 5 nitrogen and oxygen atoms in total. The lowest BCUT2D eigenvalue weighted by Gasteiger charge is -2.09. The molecule has 0 spiro atoms. The summed E-state index contributed by atoms with van der Waals surface area (Å²) in [6, 6.07) is 4.14. The predicted molar refractivity (Wildman–Crippen MR) is 91.6 cm³/mol. The highest BCUT2D eigenvalue weighted by molar-refractivity contribution is 6.44. The minimum absolute atomic E-state index is 0.105. The summed E-state index contributed by atoms with van der Waals surface area (Å²) >= 11 is 5.66. The summed E-state index contributed by atoms with van der Waals surface area (Å²) in [6.45, 7) is 1.53. The van der Waals surface area contributed by atoms with Gasteiger partial charge in [0.15, 0.2) is 11.6 Å². The molecule has 1 heterocycles. The average molecular weight is 382 g/mol. The van der Waals surface area contributed by atoms with Gasteiger partial charge in [0.25, 0.3) is 0 Å². The molecule has 0 bridgehead atoms. The molecule has 0 fully saturated rings. The van der Waals surface area contributed by atoms with Crippen LogP contribution in [0, 0.1) is 24.4 Å². The summed E-state index contributed by atoms with van der Waals surface area (Å²) in [5.41, 5.74) is 0.898. The first-order valence-corrected chi connectivity index (χ1v) is 7.68. The molecule has 2 aromatic carbocycles. The van der Waals surface area contributed by atoms with E-state index < -0.39 is 29.3 Å². The Morgan fingerprint density at radius 2 is 1.54 bits per heavy atom. The second kappa shape index (κ2) is 6.72. The van der Waals surface area contributed by atoms with Gasteiger partial charge in [0, 0.05) is 23.3 Å². The molecule has 0 saturated heterocycles. The summed E-state index contributed by atoms with van der Waals surface area (Å²) in [5, 5.41) is 4.60. The highest BCUT2D eigenvalue weighted by Crippen LogP contribution is 2.26. The molecule has 0 saturated carbocycles. The molecule has 3 aromatic rings. The van der Waals surface area contributed by atoms with Gasteiger partial charge in [-0.15, -0.1) is 0 Å². The third kappa shape index (κ3) is 3.36. The molecule has 3 N–H and O–H groups in total. The topological polar surface area (TPSA) is 74.0 Å². The number of aromatic amines is 1. The number of halogens is 4. The molecule has 0 radical (unpaired) electrons. The zero-order chi connectivity index (χ0) is 19.0. The van der Waals surface area contributed by atoms with Crippen molar-refractivity contribution in [1.82, 2.24) is 4.98 Å². The number of hydrogen-bond donors (Lipinski definition) is 3. The van der Waals surface area contributed by atoms with Crippen molar-refractivity contribution in [3.8, 4) is 0 Å². The van der Waals surface area contributed by atoms with E-state index >= 15 is 0 Å². The van der Waals surface area contributed by atoms with Gasteiger partial charge in [0.1, 0.15) is 5.82 Å². The number of carbonyl (C=O) groups excluding carboxylic acids is 2. The van der Waals surface area contributed by atoms with Crippen LogP contribution in [0.4, 0.5) is 24.5 Å². The summed E-state index contributed by atoms with van der Waals surface area (Å²) in [4.78, 5) is 26.8. The van der Waals surface area contributed by atoms with Crippen molar-refractivity contribution in [2.24, 2.45) is 0 Å². The molecule has 1 aromatic heterocycles. The van der Waals surface area contributed by atoms with Crippen LogP contribution in [0.25, 0.3) is 10.9 Å². The normalized spacial score (nSPS) is 10.8. The number of amides is 2. The van der Waals surface area contributed by atoms with E-state index in [1.54, 1.807) is 0 Å². The van der Waals surface area contributed by atoms with Gasteiger partial charge in [-0.25, -0.2) is 13.2 Å². The standard InChI is InChI=1S/C17H11ClF3N3O2/c1-7-2-10(19)9(18)4-13(7)23-16(25)17(26)24-15-6-22-14-5-12(21)11(20)3-8(14)15/h2-6,22H,1H3,(H,23,25)(H,24,26). The quantitative estimate of drug-likeness (QED) is 0.584. The highest BCUT2D eigenvalue weighted by atomic mass is 35.5. The molecular weight excluding hydrogens is 371 g/mol. The van der Waals surface area contributed by atoms with Crippen LogP contribution in [-0.4, -0.2) is 16.8 Å². The Labute approximate surface area is 150 Å². The summed E-state index contributed by atoms with van der Waals surface area (Å²) < 4.78 is 39.9. The van der Waals surface area contributed by atoms with Crippen LogP contribution in [0.15, 0.2) is 30.5 Å². The number of hydrogen-bond acceptors (Lipinski definition) is 2. The van der Waals surface area contributed by atoms with Gasteiger partial charge in [-0.3, -0.25) is 9.59 Å². The number of aryl methyl sites for hydroxylation is 1. The number of anilines is 2. The van der Waals surface area contributed by atoms with Crippen molar-refractivity contribution in [2.75, 3.05) is 10.6 Å². The van der Waals surface area contributed by atoms with Crippen LogP contribution in [-0.2, 0) is 9.59 Å². The van der Waals surface area contributed by atoms with E-state index in [0.29, 0.717) is 5.56 Å². The minimum atomic E-state index is -1.09. The van der Waals surface area contributed by atoms with Crippen molar-refractivity contribution in [2.45, 2.75) is 6.92 Å². The maximum atomic E-state index is 13.4.